The number of carbonyl (C=O) groups is 1. The highest BCUT2D eigenvalue weighted by molar-refractivity contribution is 6.34. The molecule has 0 saturated heterocycles. The smallest absolute Gasteiger partial charge is 0.353 e. The average Bonchev–Trinajstić information content (AvgIpc) is 2.32. The van der Waals surface area contributed by atoms with E-state index in [1.54, 1.807) is 6.08 Å². The first-order chi connectivity index (χ1) is 8.50. The number of hydrogen-bond acceptors (Lipinski definition) is 3. The molecule has 0 atom stereocenters. The Morgan fingerprint density at radius 3 is 2.94 bits per heavy atom. The van der Waals surface area contributed by atoms with Crippen molar-refractivity contribution in [2.45, 2.75) is 13.8 Å². The topological polar surface area (TPSA) is 58.9 Å². The van der Waals surface area contributed by atoms with Gasteiger partial charge < -0.3 is 9.94 Å². The predicted octanol–water partition coefficient (Wildman–Crippen LogP) is 3.14. The highest BCUT2D eigenvalue weighted by Crippen LogP contribution is 2.16. The summed E-state index contributed by atoms with van der Waals surface area (Å²) in [7, 11) is 0. The van der Waals surface area contributed by atoms with E-state index < -0.39 is 5.97 Å². The van der Waals surface area contributed by atoms with Crippen LogP contribution in [0.3, 0.4) is 0 Å². The van der Waals surface area contributed by atoms with Gasteiger partial charge in [0.15, 0.2) is 5.71 Å². The third kappa shape index (κ3) is 4.59. The fourth-order valence-corrected chi connectivity index (χ4v) is 1.36. The summed E-state index contributed by atoms with van der Waals surface area (Å²) in [5.74, 6) is -1.09. The van der Waals surface area contributed by atoms with Crippen molar-refractivity contribution in [2.75, 3.05) is 6.61 Å². The maximum absolute atomic E-state index is 10.4. The molecule has 0 aliphatic carbocycles. The Balaban J connectivity index is 2.53. The third-order valence-corrected chi connectivity index (χ3v) is 2.46. The quantitative estimate of drug-likeness (QED) is 0.506. The lowest BCUT2D eigenvalue weighted by molar-refractivity contribution is -0.129. The molecule has 5 heteroatoms. The van der Waals surface area contributed by atoms with Gasteiger partial charge in [0.05, 0.1) is 0 Å². The molecule has 1 rings (SSSR count). The summed E-state index contributed by atoms with van der Waals surface area (Å²) in [5.41, 5.74) is 2.01. The molecule has 0 amide bonds. The lowest BCUT2D eigenvalue weighted by atomic mass is 10.1. The molecule has 4 nitrogen and oxygen atoms in total. The fourth-order valence-electron chi connectivity index (χ4n) is 1.18. The number of nitrogens with zero attached hydrogens (tertiary/aromatic N) is 1. The van der Waals surface area contributed by atoms with E-state index in [2.05, 4.69) is 5.16 Å². The molecule has 1 N–H and O–H groups in total. The second-order valence-corrected chi connectivity index (χ2v) is 4.12. The van der Waals surface area contributed by atoms with E-state index in [4.69, 9.17) is 21.5 Å². The molecular weight excluding hydrogens is 254 g/mol. The molecule has 0 aliphatic heterocycles. The van der Waals surface area contributed by atoms with Crippen molar-refractivity contribution in [3.63, 3.8) is 0 Å². The van der Waals surface area contributed by atoms with E-state index in [9.17, 15) is 4.79 Å². The number of carboxylic acids is 1. The minimum absolute atomic E-state index is 0.0812. The Hall–Kier alpha value is -1.81. The van der Waals surface area contributed by atoms with Crippen molar-refractivity contribution in [2.24, 2.45) is 5.16 Å². The minimum atomic E-state index is -1.09. The van der Waals surface area contributed by atoms with Crippen molar-refractivity contribution < 1.29 is 14.7 Å². The zero-order chi connectivity index (χ0) is 13.5. The molecule has 0 bridgehead atoms. The zero-order valence-corrected chi connectivity index (χ0v) is 10.9. The monoisotopic (exact) mass is 267 g/mol. The van der Waals surface area contributed by atoms with Crippen LogP contribution in [0, 0.1) is 6.92 Å². The highest BCUT2D eigenvalue weighted by atomic mass is 35.5. The van der Waals surface area contributed by atoms with Crippen molar-refractivity contribution >= 4 is 29.4 Å². The van der Waals surface area contributed by atoms with Crippen LogP contribution in [0.15, 0.2) is 29.4 Å². The SMILES string of the molecule is CC(=NOCC=Cc1cc(Cl)ccc1C)C(=O)O. The van der Waals surface area contributed by atoms with Crippen molar-refractivity contribution in [1.82, 2.24) is 0 Å². The van der Waals surface area contributed by atoms with Gasteiger partial charge in [-0.2, -0.15) is 0 Å². The first-order valence-corrected chi connectivity index (χ1v) is 5.71. The van der Waals surface area contributed by atoms with Crippen LogP contribution in [0.2, 0.25) is 5.02 Å². The Bertz CT molecular complexity index is 495. The Labute approximate surface area is 111 Å². The van der Waals surface area contributed by atoms with Gasteiger partial charge in [0, 0.05) is 5.02 Å². The fraction of sp³-hybridized carbons (Fsp3) is 0.231. The van der Waals surface area contributed by atoms with Crippen molar-refractivity contribution in [3.8, 4) is 0 Å². The summed E-state index contributed by atoms with van der Waals surface area (Å²) in [6, 6.07) is 5.60. The van der Waals surface area contributed by atoms with Crippen LogP contribution in [0.5, 0.6) is 0 Å². The molecule has 0 fully saturated rings. The zero-order valence-electron chi connectivity index (χ0n) is 10.2. The number of rotatable bonds is 5. The molecule has 0 spiro atoms. The molecule has 0 saturated carbocycles. The van der Waals surface area contributed by atoms with Gasteiger partial charge in [0.25, 0.3) is 0 Å². The molecule has 0 aliphatic rings. The highest BCUT2D eigenvalue weighted by Gasteiger charge is 2.00. The number of aliphatic carboxylic acids is 1. The Morgan fingerprint density at radius 1 is 1.56 bits per heavy atom. The van der Waals surface area contributed by atoms with Crippen LogP contribution in [-0.4, -0.2) is 23.4 Å². The van der Waals surface area contributed by atoms with E-state index in [1.165, 1.54) is 6.92 Å². The largest absolute Gasteiger partial charge is 0.477 e. The van der Waals surface area contributed by atoms with Gasteiger partial charge in [-0.25, -0.2) is 4.79 Å². The van der Waals surface area contributed by atoms with E-state index in [0.717, 1.165) is 11.1 Å². The normalized spacial score (nSPS) is 11.8. The summed E-state index contributed by atoms with van der Waals surface area (Å²) in [4.78, 5) is 15.3. The van der Waals surface area contributed by atoms with Gasteiger partial charge in [-0.3, -0.25) is 0 Å². The van der Waals surface area contributed by atoms with Crippen LogP contribution in [0.1, 0.15) is 18.1 Å². The molecule has 0 aromatic heterocycles. The van der Waals surface area contributed by atoms with E-state index in [1.807, 2.05) is 31.2 Å². The number of benzene rings is 1. The first kappa shape index (κ1) is 14.3. The van der Waals surface area contributed by atoms with Crippen molar-refractivity contribution in [1.29, 1.82) is 0 Å². The van der Waals surface area contributed by atoms with Crippen LogP contribution in [0.25, 0.3) is 6.08 Å². The standard InChI is InChI=1S/C13H14ClNO3/c1-9-5-6-12(14)8-11(9)4-3-7-18-15-10(2)13(16)17/h3-6,8H,7H2,1-2H3,(H,16,17). The molecule has 0 unspecified atom stereocenters. The first-order valence-electron chi connectivity index (χ1n) is 5.33. The lowest BCUT2D eigenvalue weighted by Crippen LogP contribution is -2.08. The number of hydrogen-bond donors (Lipinski definition) is 1. The molecule has 0 radical (unpaired) electrons. The summed E-state index contributed by atoms with van der Waals surface area (Å²) < 4.78 is 0. The van der Waals surface area contributed by atoms with Gasteiger partial charge in [0.1, 0.15) is 6.61 Å². The van der Waals surface area contributed by atoms with E-state index in [-0.39, 0.29) is 12.3 Å². The molecule has 18 heavy (non-hydrogen) atoms. The summed E-state index contributed by atoms with van der Waals surface area (Å²) in [6.07, 6.45) is 3.60. The summed E-state index contributed by atoms with van der Waals surface area (Å²) in [6.45, 7) is 3.55. The summed E-state index contributed by atoms with van der Waals surface area (Å²) >= 11 is 5.88. The van der Waals surface area contributed by atoms with Gasteiger partial charge in [-0.05, 0) is 43.2 Å². The predicted molar refractivity (Wildman–Crippen MR) is 71.9 cm³/mol. The maximum atomic E-state index is 10.4. The average molecular weight is 268 g/mol. The van der Waals surface area contributed by atoms with Crippen molar-refractivity contribution in [3.05, 3.63) is 40.4 Å². The van der Waals surface area contributed by atoms with Gasteiger partial charge in [-0.15, -0.1) is 0 Å². The second-order valence-electron chi connectivity index (χ2n) is 3.68. The Morgan fingerprint density at radius 2 is 2.28 bits per heavy atom. The number of carboxylic acid groups (broad SMARTS) is 1. The number of halogens is 1. The molecule has 1 aromatic rings. The molecular formula is C13H14ClNO3. The van der Waals surface area contributed by atoms with Crippen LogP contribution in [0.4, 0.5) is 0 Å². The van der Waals surface area contributed by atoms with Crippen LogP contribution >= 0.6 is 11.6 Å². The molecule has 96 valence electrons. The number of oxime groups is 1. The van der Waals surface area contributed by atoms with E-state index in [0.29, 0.717) is 5.02 Å². The maximum Gasteiger partial charge on any atom is 0.353 e. The van der Waals surface area contributed by atoms with Crippen LogP contribution in [-0.2, 0) is 9.63 Å². The summed E-state index contributed by atoms with van der Waals surface area (Å²) in [5, 5.41) is 12.6. The molecule has 1 aromatic carbocycles. The number of aryl methyl sites for hydroxylation is 1. The molecule has 0 heterocycles. The van der Waals surface area contributed by atoms with Gasteiger partial charge in [0.2, 0.25) is 0 Å². The van der Waals surface area contributed by atoms with Gasteiger partial charge >= 0.3 is 5.97 Å². The van der Waals surface area contributed by atoms with Gasteiger partial charge in [-0.1, -0.05) is 28.9 Å². The Kier molecular flexibility index (Phi) is 5.39. The van der Waals surface area contributed by atoms with Crippen LogP contribution < -0.4 is 0 Å². The second kappa shape index (κ2) is 6.81. The van der Waals surface area contributed by atoms with E-state index >= 15 is 0 Å². The minimum Gasteiger partial charge on any atom is -0.477 e. The lowest BCUT2D eigenvalue weighted by Gasteiger charge is -2.00. The third-order valence-electron chi connectivity index (χ3n) is 2.22.